The van der Waals surface area contributed by atoms with E-state index < -0.39 is 11.9 Å². The van der Waals surface area contributed by atoms with Crippen molar-refractivity contribution in [2.24, 2.45) is 0 Å². The van der Waals surface area contributed by atoms with Gasteiger partial charge in [-0.3, -0.25) is 4.79 Å². The number of carbonyl (C=O) groups excluding carboxylic acids is 2. The molecule has 0 fully saturated rings. The van der Waals surface area contributed by atoms with Crippen molar-refractivity contribution in [1.29, 1.82) is 0 Å². The van der Waals surface area contributed by atoms with E-state index >= 15 is 0 Å². The number of rotatable bonds is 17. The number of carbonyl (C=O) groups is 2. The SMILES string of the molecule is C=COCOCCCOc1ccc(COc2ccc(OC(=O)CCc3ccc(OC(=O)C=C)cc3)cc2Cl)cc1. The van der Waals surface area contributed by atoms with Crippen molar-refractivity contribution in [3.8, 4) is 23.0 Å². The van der Waals surface area contributed by atoms with Crippen LogP contribution in [0.25, 0.3) is 0 Å². The first-order chi connectivity index (χ1) is 19.5. The Morgan fingerprint density at radius 1 is 0.800 bits per heavy atom. The van der Waals surface area contributed by atoms with E-state index in [1.54, 1.807) is 42.5 Å². The Hall–Kier alpha value is -4.27. The van der Waals surface area contributed by atoms with Gasteiger partial charge in [0.15, 0.2) is 6.79 Å². The van der Waals surface area contributed by atoms with Crippen LogP contribution in [-0.4, -0.2) is 31.9 Å². The van der Waals surface area contributed by atoms with Crippen LogP contribution in [-0.2, 0) is 32.1 Å². The summed E-state index contributed by atoms with van der Waals surface area (Å²) >= 11 is 6.35. The molecule has 0 aliphatic carbocycles. The van der Waals surface area contributed by atoms with Crippen LogP contribution in [0.15, 0.2) is 92.2 Å². The van der Waals surface area contributed by atoms with Gasteiger partial charge in [0.1, 0.15) is 29.6 Å². The van der Waals surface area contributed by atoms with Crippen LogP contribution in [0.2, 0.25) is 5.02 Å². The second-order valence-corrected chi connectivity index (χ2v) is 8.74. The van der Waals surface area contributed by atoms with Gasteiger partial charge in [0.2, 0.25) is 0 Å². The van der Waals surface area contributed by atoms with Crippen LogP contribution in [0.5, 0.6) is 23.0 Å². The van der Waals surface area contributed by atoms with E-state index in [9.17, 15) is 9.59 Å². The lowest BCUT2D eigenvalue weighted by Gasteiger charge is -2.11. The third-order valence-electron chi connectivity index (χ3n) is 5.35. The Morgan fingerprint density at radius 2 is 1.50 bits per heavy atom. The fourth-order valence-corrected chi connectivity index (χ4v) is 3.55. The second-order valence-electron chi connectivity index (χ2n) is 8.33. The maximum absolute atomic E-state index is 12.3. The smallest absolute Gasteiger partial charge is 0.335 e. The topological polar surface area (TPSA) is 89.5 Å². The summed E-state index contributed by atoms with van der Waals surface area (Å²) in [7, 11) is 0. The van der Waals surface area contributed by atoms with Crippen molar-refractivity contribution in [3.63, 3.8) is 0 Å². The van der Waals surface area contributed by atoms with Gasteiger partial charge >= 0.3 is 11.9 Å². The van der Waals surface area contributed by atoms with Gasteiger partial charge in [-0.1, -0.05) is 49.0 Å². The molecule has 0 radical (unpaired) electrons. The zero-order valence-corrected chi connectivity index (χ0v) is 22.8. The summed E-state index contributed by atoms with van der Waals surface area (Å²) in [5.74, 6) is 1.03. The molecule has 8 nitrogen and oxygen atoms in total. The molecule has 0 aliphatic rings. The first-order valence-corrected chi connectivity index (χ1v) is 12.9. The van der Waals surface area contributed by atoms with E-state index in [2.05, 4.69) is 13.2 Å². The third-order valence-corrected chi connectivity index (χ3v) is 5.65. The van der Waals surface area contributed by atoms with Gasteiger partial charge < -0.3 is 28.4 Å². The summed E-state index contributed by atoms with van der Waals surface area (Å²) in [4.78, 5) is 23.6. The maximum atomic E-state index is 12.3. The first-order valence-electron chi connectivity index (χ1n) is 12.5. The highest BCUT2D eigenvalue weighted by atomic mass is 35.5. The summed E-state index contributed by atoms with van der Waals surface area (Å²) in [5, 5.41) is 0.329. The van der Waals surface area contributed by atoms with Crippen LogP contribution < -0.4 is 18.9 Å². The van der Waals surface area contributed by atoms with Crippen molar-refractivity contribution in [1.82, 2.24) is 0 Å². The molecule has 0 saturated heterocycles. The second kappa shape index (κ2) is 16.6. The number of benzene rings is 3. The fourth-order valence-electron chi connectivity index (χ4n) is 3.32. The Bertz CT molecular complexity index is 1260. The highest BCUT2D eigenvalue weighted by molar-refractivity contribution is 6.32. The normalized spacial score (nSPS) is 10.3. The van der Waals surface area contributed by atoms with Crippen LogP contribution in [0.3, 0.4) is 0 Å². The predicted octanol–water partition coefficient (Wildman–Crippen LogP) is 6.45. The van der Waals surface area contributed by atoms with Crippen LogP contribution in [0, 0.1) is 0 Å². The number of esters is 2. The van der Waals surface area contributed by atoms with E-state index in [1.165, 1.54) is 6.26 Å². The van der Waals surface area contributed by atoms with Crippen molar-refractivity contribution in [3.05, 3.63) is 108 Å². The monoisotopic (exact) mass is 566 g/mol. The molecule has 0 spiro atoms. The number of hydrogen-bond donors (Lipinski definition) is 0. The quantitative estimate of drug-likeness (QED) is 0.0460. The molecule has 0 saturated carbocycles. The predicted molar refractivity (Wildman–Crippen MR) is 151 cm³/mol. The van der Waals surface area contributed by atoms with Crippen molar-refractivity contribution < 1.29 is 38.0 Å². The van der Waals surface area contributed by atoms with Crippen molar-refractivity contribution >= 4 is 23.5 Å². The van der Waals surface area contributed by atoms with Gasteiger partial charge in [0.25, 0.3) is 0 Å². The molecular formula is C31H31ClO8. The van der Waals surface area contributed by atoms with Crippen molar-refractivity contribution in [2.75, 3.05) is 20.0 Å². The standard InChI is InChI=1S/C31H31ClO8/c1-3-30(33)39-26-13-6-23(7-14-26)10-17-31(34)40-27-15-16-29(28(32)20-27)38-21-24-8-11-25(12-9-24)37-19-5-18-36-22-35-4-2/h3-4,6-9,11-16,20H,1-2,5,10,17-19,21-22H2. The minimum absolute atomic E-state index is 0.167. The number of hydrogen-bond acceptors (Lipinski definition) is 8. The molecule has 3 aromatic rings. The minimum atomic E-state index is -0.531. The minimum Gasteiger partial charge on any atom is -0.494 e. The molecule has 3 rings (SSSR count). The summed E-state index contributed by atoms with van der Waals surface area (Å²) in [6.45, 7) is 8.35. The lowest BCUT2D eigenvalue weighted by molar-refractivity contribution is -0.134. The summed E-state index contributed by atoms with van der Waals surface area (Å²) in [5.41, 5.74) is 1.84. The average Bonchev–Trinajstić information content (AvgIpc) is 2.96. The molecule has 3 aromatic carbocycles. The maximum Gasteiger partial charge on any atom is 0.335 e. The zero-order valence-electron chi connectivity index (χ0n) is 22.0. The van der Waals surface area contributed by atoms with Crippen LogP contribution in [0.4, 0.5) is 0 Å². The van der Waals surface area contributed by atoms with E-state index in [0.29, 0.717) is 48.5 Å². The molecule has 210 valence electrons. The summed E-state index contributed by atoms with van der Waals surface area (Å²) in [6.07, 6.45) is 3.79. The lowest BCUT2D eigenvalue weighted by Crippen LogP contribution is -2.09. The molecule has 0 aromatic heterocycles. The van der Waals surface area contributed by atoms with Gasteiger partial charge in [-0.15, -0.1) is 0 Å². The van der Waals surface area contributed by atoms with Gasteiger partial charge in [-0.2, -0.15) is 0 Å². The van der Waals surface area contributed by atoms with Gasteiger partial charge in [-0.05, 0) is 53.9 Å². The largest absolute Gasteiger partial charge is 0.494 e. The molecular weight excluding hydrogens is 536 g/mol. The molecule has 0 unspecified atom stereocenters. The van der Waals surface area contributed by atoms with E-state index in [-0.39, 0.29) is 13.2 Å². The molecule has 0 atom stereocenters. The van der Waals surface area contributed by atoms with E-state index in [4.69, 9.17) is 40.0 Å². The van der Waals surface area contributed by atoms with E-state index in [1.807, 2.05) is 24.3 Å². The van der Waals surface area contributed by atoms with Crippen molar-refractivity contribution in [2.45, 2.75) is 25.9 Å². The fraction of sp³-hybridized carbons (Fsp3) is 0.226. The molecule has 0 heterocycles. The Kier molecular flexibility index (Phi) is 12.6. The zero-order chi connectivity index (χ0) is 28.6. The molecule has 0 aliphatic heterocycles. The highest BCUT2D eigenvalue weighted by Gasteiger charge is 2.10. The first kappa shape index (κ1) is 30.3. The van der Waals surface area contributed by atoms with Gasteiger partial charge in [0, 0.05) is 25.0 Å². The number of ether oxygens (including phenoxy) is 6. The average molecular weight is 567 g/mol. The molecule has 40 heavy (non-hydrogen) atoms. The highest BCUT2D eigenvalue weighted by Crippen LogP contribution is 2.30. The molecule has 0 amide bonds. The summed E-state index contributed by atoms with van der Waals surface area (Å²) in [6, 6.07) is 19.3. The Morgan fingerprint density at radius 3 is 2.20 bits per heavy atom. The molecule has 0 bridgehead atoms. The van der Waals surface area contributed by atoms with Gasteiger partial charge in [0.05, 0.1) is 24.5 Å². The third kappa shape index (κ3) is 10.8. The number of halogens is 1. The number of aryl methyl sites for hydroxylation is 1. The Balaban J connectivity index is 1.38. The molecule has 9 heteroatoms. The van der Waals surface area contributed by atoms with Crippen LogP contribution in [0.1, 0.15) is 24.0 Å². The van der Waals surface area contributed by atoms with Gasteiger partial charge in [-0.25, -0.2) is 4.79 Å². The lowest BCUT2D eigenvalue weighted by atomic mass is 10.1. The van der Waals surface area contributed by atoms with Crippen LogP contribution >= 0.6 is 11.6 Å². The molecule has 0 N–H and O–H groups in total. The van der Waals surface area contributed by atoms with E-state index in [0.717, 1.165) is 29.4 Å². The summed E-state index contributed by atoms with van der Waals surface area (Å²) < 4.78 is 32.1. The Labute approximate surface area is 238 Å².